The lowest BCUT2D eigenvalue weighted by atomic mass is 10.1. The lowest BCUT2D eigenvalue weighted by Gasteiger charge is -2.13. The number of methoxy groups -OCH3 is 2. The number of nitrogens with zero attached hydrogens (tertiary/aromatic N) is 3. The first kappa shape index (κ1) is 23.4. The Morgan fingerprint density at radius 1 is 1.18 bits per heavy atom. The van der Waals surface area contributed by atoms with Gasteiger partial charge in [-0.1, -0.05) is 48.5 Å². The second-order valence-corrected chi connectivity index (χ2v) is 9.39. The van der Waals surface area contributed by atoms with Crippen molar-refractivity contribution in [2.24, 2.45) is 0 Å². The van der Waals surface area contributed by atoms with Crippen molar-refractivity contribution >= 4 is 56.4 Å². The van der Waals surface area contributed by atoms with Crippen LogP contribution in [-0.4, -0.2) is 40.6 Å². The van der Waals surface area contributed by atoms with Gasteiger partial charge in [0.15, 0.2) is 11.0 Å². The normalized spacial score (nSPS) is 11.0. The number of carbonyl (C=O) groups is 1. The van der Waals surface area contributed by atoms with E-state index < -0.39 is 0 Å². The second-order valence-electron chi connectivity index (χ2n) is 7.13. The van der Waals surface area contributed by atoms with Crippen LogP contribution in [0.4, 0.5) is 5.69 Å². The van der Waals surface area contributed by atoms with Crippen LogP contribution < -0.4 is 14.8 Å². The van der Waals surface area contributed by atoms with Gasteiger partial charge in [0, 0.05) is 39.7 Å². The third kappa shape index (κ3) is 4.95. The number of ether oxygens (including phenoxy) is 2. The van der Waals surface area contributed by atoms with E-state index in [0.717, 1.165) is 29.7 Å². The summed E-state index contributed by atoms with van der Waals surface area (Å²) in [6.07, 6.45) is 0.925. The van der Waals surface area contributed by atoms with Crippen LogP contribution >= 0.6 is 34.7 Å². The molecule has 10 heteroatoms. The van der Waals surface area contributed by atoms with Crippen molar-refractivity contribution in [3.8, 4) is 22.9 Å². The molecule has 0 bridgehead atoms. The number of thiophene rings is 1. The van der Waals surface area contributed by atoms with Gasteiger partial charge < -0.3 is 19.4 Å². The molecular formula is C23H23ClN4O3S2. The van der Waals surface area contributed by atoms with E-state index in [-0.39, 0.29) is 11.7 Å². The molecule has 2 aromatic heterocycles. The molecule has 4 rings (SSSR count). The van der Waals surface area contributed by atoms with Crippen molar-refractivity contribution < 1.29 is 14.3 Å². The van der Waals surface area contributed by atoms with E-state index in [2.05, 4.69) is 44.5 Å². The van der Waals surface area contributed by atoms with E-state index in [9.17, 15) is 4.79 Å². The number of anilines is 1. The Morgan fingerprint density at radius 2 is 1.97 bits per heavy atom. The Labute approximate surface area is 205 Å². The van der Waals surface area contributed by atoms with Crippen molar-refractivity contribution in [3.05, 3.63) is 46.8 Å². The molecule has 0 radical (unpaired) electrons. The number of carbonyl (C=O) groups excluding carboxylic acids is 1. The fourth-order valence-electron chi connectivity index (χ4n) is 3.45. The molecule has 1 amide bonds. The molecule has 172 valence electrons. The summed E-state index contributed by atoms with van der Waals surface area (Å²) in [6.45, 7) is 2.87. The molecule has 2 aromatic carbocycles. The van der Waals surface area contributed by atoms with Gasteiger partial charge in [0.25, 0.3) is 0 Å². The molecule has 0 fully saturated rings. The molecule has 0 aliphatic rings. The molecule has 1 N–H and O–H groups in total. The number of amides is 1. The number of hydrogen-bond acceptors (Lipinski definition) is 7. The van der Waals surface area contributed by atoms with Crippen LogP contribution in [-0.2, 0) is 11.3 Å². The van der Waals surface area contributed by atoms with E-state index in [1.807, 2.05) is 12.1 Å². The number of hydrogen-bond donors (Lipinski definition) is 1. The van der Waals surface area contributed by atoms with E-state index in [1.165, 1.54) is 30.7 Å². The molecule has 0 aliphatic carbocycles. The highest BCUT2D eigenvalue weighted by atomic mass is 35.5. The number of benzene rings is 2. The number of nitrogens with one attached hydrogen (secondary N) is 1. The maximum Gasteiger partial charge on any atom is 0.234 e. The van der Waals surface area contributed by atoms with E-state index in [4.69, 9.17) is 21.1 Å². The van der Waals surface area contributed by atoms with Crippen LogP contribution in [0, 0.1) is 0 Å². The maximum atomic E-state index is 12.7. The molecule has 7 nitrogen and oxygen atoms in total. The number of rotatable bonds is 9. The molecule has 0 unspecified atom stereocenters. The molecule has 4 aromatic rings. The third-order valence-corrected chi connectivity index (χ3v) is 7.19. The van der Waals surface area contributed by atoms with Gasteiger partial charge in [-0.05, 0) is 12.5 Å². The highest BCUT2D eigenvalue weighted by Crippen LogP contribution is 2.37. The second kappa shape index (κ2) is 10.5. The number of fused-ring (bicyclic) bond motifs is 1. The molecule has 2 heterocycles. The summed E-state index contributed by atoms with van der Waals surface area (Å²) in [6, 6.07) is 11.5. The quantitative estimate of drug-likeness (QED) is 0.284. The zero-order valence-corrected chi connectivity index (χ0v) is 20.8. The minimum absolute atomic E-state index is 0.167. The number of thioether (sulfide) groups is 1. The molecule has 0 atom stereocenters. The minimum atomic E-state index is -0.198. The van der Waals surface area contributed by atoms with Gasteiger partial charge >= 0.3 is 0 Å². The lowest BCUT2D eigenvalue weighted by molar-refractivity contribution is -0.113. The van der Waals surface area contributed by atoms with Crippen LogP contribution in [0.25, 0.3) is 21.5 Å². The van der Waals surface area contributed by atoms with Gasteiger partial charge in [0.1, 0.15) is 11.5 Å². The fraction of sp³-hybridized carbons (Fsp3) is 0.261. The van der Waals surface area contributed by atoms with E-state index in [0.29, 0.717) is 27.4 Å². The zero-order chi connectivity index (χ0) is 23.4. The Kier molecular flexibility index (Phi) is 7.42. The van der Waals surface area contributed by atoms with Crippen LogP contribution in [0.1, 0.15) is 13.3 Å². The van der Waals surface area contributed by atoms with Crippen molar-refractivity contribution in [3.63, 3.8) is 0 Å². The van der Waals surface area contributed by atoms with Gasteiger partial charge in [0.05, 0.1) is 30.7 Å². The van der Waals surface area contributed by atoms with Crippen molar-refractivity contribution in [1.82, 2.24) is 14.8 Å². The van der Waals surface area contributed by atoms with Crippen LogP contribution in [0.15, 0.2) is 46.9 Å². The zero-order valence-electron chi connectivity index (χ0n) is 18.4. The van der Waals surface area contributed by atoms with Crippen LogP contribution in [0.5, 0.6) is 11.5 Å². The summed E-state index contributed by atoms with van der Waals surface area (Å²) in [5.41, 5.74) is 1.55. The molecule has 33 heavy (non-hydrogen) atoms. The highest BCUT2D eigenvalue weighted by molar-refractivity contribution is 7.99. The first-order valence-electron chi connectivity index (χ1n) is 10.3. The van der Waals surface area contributed by atoms with Gasteiger partial charge in [-0.25, -0.2) is 0 Å². The Hall–Kier alpha value is -2.75. The van der Waals surface area contributed by atoms with E-state index >= 15 is 0 Å². The standard InChI is InChI=1S/C23H23ClN4O3S2/c1-4-9-28-22(15-12-32-20-8-6-5-7-14(15)20)26-27-23(28)33-13-21(29)25-17-11-18(30-2)16(24)10-19(17)31-3/h5-8,10-12H,4,9,13H2,1-3H3,(H,25,29). The first-order valence-corrected chi connectivity index (χ1v) is 12.5. The predicted octanol–water partition coefficient (Wildman–Crippen LogP) is 5.97. The molecule has 0 aliphatic heterocycles. The SMILES string of the molecule is CCCn1c(SCC(=O)Nc2cc(OC)c(Cl)cc2OC)nnc1-c1csc2ccccc12. The predicted molar refractivity (Wildman–Crippen MR) is 135 cm³/mol. The average molecular weight is 503 g/mol. The largest absolute Gasteiger partial charge is 0.495 e. The van der Waals surface area contributed by atoms with Gasteiger partial charge in [0.2, 0.25) is 5.91 Å². The Bertz CT molecular complexity index is 1290. The molecule has 0 spiro atoms. The summed E-state index contributed by atoms with van der Waals surface area (Å²) >= 11 is 9.18. The summed E-state index contributed by atoms with van der Waals surface area (Å²) in [4.78, 5) is 12.7. The highest BCUT2D eigenvalue weighted by Gasteiger charge is 2.19. The van der Waals surface area contributed by atoms with Crippen molar-refractivity contribution in [2.45, 2.75) is 25.0 Å². The van der Waals surface area contributed by atoms with Gasteiger partial charge in [-0.15, -0.1) is 21.5 Å². The summed E-state index contributed by atoms with van der Waals surface area (Å²) in [5, 5.41) is 16.1. The minimum Gasteiger partial charge on any atom is -0.495 e. The smallest absolute Gasteiger partial charge is 0.234 e. The van der Waals surface area contributed by atoms with Crippen LogP contribution in [0.2, 0.25) is 5.02 Å². The maximum absolute atomic E-state index is 12.7. The molecule has 0 saturated heterocycles. The Morgan fingerprint density at radius 3 is 2.73 bits per heavy atom. The number of halogens is 1. The van der Waals surface area contributed by atoms with Crippen LogP contribution in [0.3, 0.4) is 0 Å². The lowest BCUT2D eigenvalue weighted by Crippen LogP contribution is -2.15. The summed E-state index contributed by atoms with van der Waals surface area (Å²) in [7, 11) is 3.04. The monoisotopic (exact) mass is 502 g/mol. The topological polar surface area (TPSA) is 78.3 Å². The van der Waals surface area contributed by atoms with Gasteiger partial charge in [-0.2, -0.15) is 0 Å². The Balaban J connectivity index is 1.53. The molecular weight excluding hydrogens is 480 g/mol. The average Bonchev–Trinajstić information content (AvgIpc) is 3.42. The van der Waals surface area contributed by atoms with E-state index in [1.54, 1.807) is 23.5 Å². The van der Waals surface area contributed by atoms with Gasteiger partial charge in [-0.3, -0.25) is 4.79 Å². The summed E-state index contributed by atoms with van der Waals surface area (Å²) in [5.74, 6) is 1.70. The number of aromatic nitrogens is 3. The fourth-order valence-corrected chi connectivity index (χ4v) is 5.38. The van der Waals surface area contributed by atoms with Crippen molar-refractivity contribution in [2.75, 3.05) is 25.3 Å². The summed E-state index contributed by atoms with van der Waals surface area (Å²) < 4.78 is 13.9. The third-order valence-electron chi connectivity index (χ3n) is 4.97. The van der Waals surface area contributed by atoms with Crippen molar-refractivity contribution in [1.29, 1.82) is 0 Å². The first-order chi connectivity index (χ1) is 16.0. The molecule has 0 saturated carbocycles.